The third-order valence-electron chi connectivity index (χ3n) is 4.95. The Morgan fingerprint density at radius 3 is 3.00 bits per heavy atom. The highest BCUT2D eigenvalue weighted by molar-refractivity contribution is 5.87. The zero-order chi connectivity index (χ0) is 16.7. The van der Waals surface area contributed by atoms with E-state index >= 15 is 0 Å². The van der Waals surface area contributed by atoms with Crippen molar-refractivity contribution in [3.63, 3.8) is 0 Å². The molecule has 2 aliphatic rings. The second-order valence-corrected chi connectivity index (χ2v) is 6.52. The fraction of sp³-hybridized carbons (Fsp3) is 0.389. The van der Waals surface area contributed by atoms with E-state index in [0.717, 1.165) is 35.9 Å². The van der Waals surface area contributed by atoms with Gasteiger partial charge in [0.05, 0.1) is 24.2 Å². The van der Waals surface area contributed by atoms with Crippen LogP contribution in [0, 0.1) is 18.3 Å². The van der Waals surface area contributed by atoms with Gasteiger partial charge in [-0.2, -0.15) is 5.26 Å². The highest BCUT2D eigenvalue weighted by atomic mass is 16.6. The Hall–Kier alpha value is -2.81. The van der Waals surface area contributed by atoms with Crippen LogP contribution in [-0.4, -0.2) is 36.3 Å². The number of carbonyl (C=O) groups excluding carboxylic acids is 1. The zero-order valence-corrected chi connectivity index (χ0v) is 13.5. The van der Waals surface area contributed by atoms with Crippen molar-refractivity contribution in [3.8, 4) is 6.07 Å². The summed E-state index contributed by atoms with van der Waals surface area (Å²) in [4.78, 5) is 18.3. The first-order valence-corrected chi connectivity index (χ1v) is 8.13. The summed E-state index contributed by atoms with van der Waals surface area (Å²) in [6.45, 7) is 3.84. The summed E-state index contributed by atoms with van der Waals surface area (Å²) in [6, 6.07) is 10.2. The largest absolute Gasteiger partial charge is 0.439 e. The van der Waals surface area contributed by atoms with Gasteiger partial charge in [-0.15, -0.1) is 0 Å². The van der Waals surface area contributed by atoms with Gasteiger partial charge in [0.2, 0.25) is 0 Å². The van der Waals surface area contributed by atoms with Gasteiger partial charge >= 0.3 is 6.09 Å². The highest BCUT2D eigenvalue weighted by Gasteiger charge is 2.44. The molecular weight excluding hydrogens is 304 g/mol. The summed E-state index contributed by atoms with van der Waals surface area (Å²) in [6.07, 6.45) is 1.37. The summed E-state index contributed by atoms with van der Waals surface area (Å²) in [5.74, 6) is 0.690. The van der Waals surface area contributed by atoms with Crippen LogP contribution in [0.4, 0.5) is 10.6 Å². The minimum absolute atomic E-state index is 0.361. The number of nitrogens with one attached hydrogen (secondary N) is 1. The molecule has 0 radical (unpaired) electrons. The molecule has 2 aliphatic heterocycles. The van der Waals surface area contributed by atoms with Crippen LogP contribution >= 0.6 is 0 Å². The standard InChI is InChI=1S/C18H18N4O2/c1-12-13-5-2-3-6-15(13)21-16(14(12)9-19)22-8-4-7-18(11-22)10-20-17(23)24-18/h2-3,5-6H,4,7-8,10-11H2,1H3,(H,20,23). The van der Waals surface area contributed by atoms with Crippen LogP contribution < -0.4 is 10.2 Å². The number of rotatable bonds is 1. The molecule has 6 heteroatoms. The van der Waals surface area contributed by atoms with Gasteiger partial charge < -0.3 is 15.0 Å². The van der Waals surface area contributed by atoms with Crippen molar-refractivity contribution in [2.75, 3.05) is 24.5 Å². The van der Waals surface area contributed by atoms with Crippen molar-refractivity contribution in [2.45, 2.75) is 25.4 Å². The van der Waals surface area contributed by atoms with Gasteiger partial charge in [-0.1, -0.05) is 18.2 Å². The quantitative estimate of drug-likeness (QED) is 0.873. The van der Waals surface area contributed by atoms with E-state index in [0.29, 0.717) is 24.5 Å². The smallest absolute Gasteiger partial charge is 0.407 e. The number of para-hydroxylation sites is 1. The molecule has 1 N–H and O–H groups in total. The van der Waals surface area contributed by atoms with Crippen molar-refractivity contribution < 1.29 is 9.53 Å². The maximum Gasteiger partial charge on any atom is 0.407 e. The highest BCUT2D eigenvalue weighted by Crippen LogP contribution is 2.34. The van der Waals surface area contributed by atoms with E-state index in [-0.39, 0.29) is 6.09 Å². The number of nitriles is 1. The van der Waals surface area contributed by atoms with Crippen LogP contribution in [0.25, 0.3) is 10.9 Å². The third kappa shape index (κ3) is 2.24. The number of pyridine rings is 1. The van der Waals surface area contributed by atoms with Crippen molar-refractivity contribution in [1.82, 2.24) is 10.3 Å². The van der Waals surface area contributed by atoms with Gasteiger partial charge in [-0.05, 0) is 31.4 Å². The Kier molecular flexibility index (Phi) is 3.31. The molecule has 1 atom stereocenters. The molecule has 2 fully saturated rings. The van der Waals surface area contributed by atoms with Gasteiger partial charge in [-0.3, -0.25) is 0 Å². The number of amides is 1. The lowest BCUT2D eigenvalue weighted by molar-refractivity contribution is 0.0445. The molecule has 1 aromatic heterocycles. The molecule has 1 unspecified atom stereocenters. The fourth-order valence-electron chi connectivity index (χ4n) is 3.73. The Morgan fingerprint density at radius 1 is 1.42 bits per heavy atom. The van der Waals surface area contributed by atoms with Crippen molar-refractivity contribution in [2.24, 2.45) is 0 Å². The molecule has 0 aliphatic carbocycles. The lowest BCUT2D eigenvalue weighted by Gasteiger charge is -2.39. The van der Waals surface area contributed by atoms with Crippen LogP contribution in [0.2, 0.25) is 0 Å². The summed E-state index contributed by atoms with van der Waals surface area (Å²) in [5, 5.41) is 13.4. The van der Waals surface area contributed by atoms with Gasteiger partial charge in [0.1, 0.15) is 17.5 Å². The Balaban J connectivity index is 1.78. The maximum absolute atomic E-state index is 11.5. The van der Waals surface area contributed by atoms with E-state index in [1.54, 1.807) is 0 Å². The second-order valence-electron chi connectivity index (χ2n) is 6.52. The molecule has 0 saturated carbocycles. The molecule has 1 amide bonds. The monoisotopic (exact) mass is 322 g/mol. The molecule has 24 heavy (non-hydrogen) atoms. The van der Waals surface area contributed by atoms with Crippen LogP contribution in [-0.2, 0) is 4.74 Å². The Labute approximate surface area is 140 Å². The van der Waals surface area contributed by atoms with Crippen LogP contribution in [0.3, 0.4) is 0 Å². The summed E-state index contributed by atoms with van der Waals surface area (Å²) < 4.78 is 5.53. The topological polar surface area (TPSA) is 78.2 Å². The number of aromatic nitrogens is 1. The van der Waals surface area contributed by atoms with Crippen LogP contribution in [0.1, 0.15) is 24.0 Å². The normalized spacial score (nSPS) is 23.2. The lowest BCUT2D eigenvalue weighted by Crippen LogP contribution is -2.51. The number of ether oxygens (including phenoxy) is 1. The molecule has 6 nitrogen and oxygen atoms in total. The molecule has 3 heterocycles. The third-order valence-corrected chi connectivity index (χ3v) is 4.95. The molecule has 122 valence electrons. The first-order valence-electron chi connectivity index (χ1n) is 8.13. The van der Waals surface area contributed by atoms with E-state index in [2.05, 4.69) is 16.3 Å². The van der Waals surface area contributed by atoms with E-state index in [9.17, 15) is 10.1 Å². The molecule has 0 bridgehead atoms. The lowest BCUT2D eigenvalue weighted by atomic mass is 9.92. The van der Waals surface area contributed by atoms with Gasteiger partial charge in [0.25, 0.3) is 0 Å². The number of aryl methyl sites for hydroxylation is 1. The predicted molar refractivity (Wildman–Crippen MR) is 89.9 cm³/mol. The average Bonchev–Trinajstić information content (AvgIpc) is 2.95. The van der Waals surface area contributed by atoms with Crippen molar-refractivity contribution >= 4 is 22.8 Å². The van der Waals surface area contributed by atoms with E-state index < -0.39 is 5.60 Å². The Bertz CT molecular complexity index is 873. The molecule has 1 spiro atoms. The summed E-state index contributed by atoms with van der Waals surface area (Å²) >= 11 is 0. The first kappa shape index (κ1) is 14.8. The predicted octanol–water partition coefficient (Wildman–Crippen LogP) is 2.49. The number of piperidine rings is 1. The minimum atomic E-state index is -0.511. The fourth-order valence-corrected chi connectivity index (χ4v) is 3.73. The average molecular weight is 322 g/mol. The minimum Gasteiger partial charge on any atom is -0.439 e. The molecule has 1 aromatic carbocycles. The second kappa shape index (κ2) is 5.38. The van der Waals surface area contributed by atoms with Crippen LogP contribution in [0.5, 0.6) is 0 Å². The number of carbonyl (C=O) groups is 1. The number of alkyl carbamates (subject to hydrolysis) is 1. The summed E-state index contributed by atoms with van der Waals surface area (Å²) in [5.41, 5.74) is 1.91. The van der Waals surface area contributed by atoms with Crippen molar-refractivity contribution in [1.29, 1.82) is 5.26 Å². The van der Waals surface area contributed by atoms with Gasteiger partial charge in [0, 0.05) is 11.9 Å². The Morgan fingerprint density at radius 2 is 2.25 bits per heavy atom. The van der Waals surface area contributed by atoms with E-state index in [4.69, 9.17) is 9.72 Å². The van der Waals surface area contributed by atoms with E-state index in [1.807, 2.05) is 31.2 Å². The maximum atomic E-state index is 11.5. The number of fused-ring (bicyclic) bond motifs is 1. The van der Waals surface area contributed by atoms with Gasteiger partial charge in [-0.25, -0.2) is 9.78 Å². The number of hydrogen-bond donors (Lipinski definition) is 1. The number of hydrogen-bond acceptors (Lipinski definition) is 5. The number of anilines is 1. The van der Waals surface area contributed by atoms with Crippen molar-refractivity contribution in [3.05, 3.63) is 35.4 Å². The van der Waals surface area contributed by atoms with E-state index in [1.165, 1.54) is 0 Å². The molecule has 2 saturated heterocycles. The molecule has 2 aromatic rings. The van der Waals surface area contributed by atoms with Crippen LogP contribution in [0.15, 0.2) is 24.3 Å². The number of benzene rings is 1. The SMILES string of the molecule is Cc1c(C#N)c(N2CCCC3(CNC(=O)O3)C2)nc2ccccc12. The zero-order valence-electron chi connectivity index (χ0n) is 13.5. The van der Waals surface area contributed by atoms with Gasteiger partial charge in [0.15, 0.2) is 0 Å². The summed E-state index contributed by atoms with van der Waals surface area (Å²) in [7, 11) is 0. The first-order chi connectivity index (χ1) is 11.6. The molecular formula is C18H18N4O2. The molecule has 4 rings (SSSR count). The number of nitrogens with zero attached hydrogens (tertiary/aromatic N) is 3.